The molecule has 0 aromatic heterocycles. The van der Waals surface area contributed by atoms with E-state index in [1.807, 2.05) is 19.1 Å². The molecule has 1 aliphatic heterocycles. The fourth-order valence-corrected chi connectivity index (χ4v) is 1.32. The number of phenolic OH excluding ortho intramolecular Hbond substituents is 1. The van der Waals surface area contributed by atoms with Gasteiger partial charge >= 0.3 is 0 Å². The van der Waals surface area contributed by atoms with Gasteiger partial charge in [-0.1, -0.05) is 0 Å². The van der Waals surface area contributed by atoms with Crippen LogP contribution in [0.5, 0.6) is 11.5 Å². The van der Waals surface area contributed by atoms with E-state index in [0.717, 1.165) is 11.3 Å². The summed E-state index contributed by atoms with van der Waals surface area (Å²) in [6.45, 7) is 2.64. The van der Waals surface area contributed by atoms with Crippen molar-refractivity contribution in [2.45, 2.75) is 6.92 Å². The van der Waals surface area contributed by atoms with Crippen LogP contribution >= 0.6 is 0 Å². The molecule has 1 aromatic carbocycles. The Labute approximate surface area is 71.1 Å². The van der Waals surface area contributed by atoms with Crippen LogP contribution in [0.3, 0.4) is 0 Å². The molecule has 0 fully saturated rings. The second kappa shape index (κ2) is 2.55. The average Bonchev–Trinajstić information content (AvgIpc) is 2.04. The molecule has 0 radical (unpaired) electrons. The number of phenols is 1. The summed E-state index contributed by atoms with van der Waals surface area (Å²) in [6.07, 6.45) is 2.03. The first-order valence-corrected chi connectivity index (χ1v) is 3.90. The molecule has 2 rings (SSSR count). The van der Waals surface area contributed by atoms with E-state index in [4.69, 9.17) is 4.74 Å². The highest BCUT2D eigenvalue weighted by Gasteiger charge is 2.09. The van der Waals surface area contributed by atoms with Gasteiger partial charge in [0.25, 0.3) is 0 Å². The van der Waals surface area contributed by atoms with Gasteiger partial charge in [-0.3, -0.25) is 0 Å². The highest BCUT2D eigenvalue weighted by molar-refractivity contribution is 5.71. The van der Waals surface area contributed by atoms with Crippen molar-refractivity contribution in [1.29, 1.82) is 0 Å². The smallest absolute Gasteiger partial charge is 0.130 e. The molecule has 0 saturated carbocycles. The van der Waals surface area contributed by atoms with Gasteiger partial charge in [0, 0.05) is 11.6 Å². The Morgan fingerprint density at radius 1 is 1.42 bits per heavy atom. The van der Waals surface area contributed by atoms with Crippen molar-refractivity contribution < 1.29 is 9.84 Å². The van der Waals surface area contributed by atoms with Gasteiger partial charge < -0.3 is 9.84 Å². The van der Waals surface area contributed by atoms with Gasteiger partial charge in [0.1, 0.15) is 18.1 Å². The second-order valence-corrected chi connectivity index (χ2v) is 2.88. The van der Waals surface area contributed by atoms with E-state index in [2.05, 4.69) is 0 Å². The fourth-order valence-electron chi connectivity index (χ4n) is 1.32. The third-order valence-electron chi connectivity index (χ3n) is 2.02. The predicted molar refractivity (Wildman–Crippen MR) is 47.3 cm³/mol. The zero-order valence-electron chi connectivity index (χ0n) is 6.87. The summed E-state index contributed by atoms with van der Waals surface area (Å²) in [5, 5.41) is 9.18. The predicted octanol–water partition coefficient (Wildman–Crippen LogP) is 2.19. The van der Waals surface area contributed by atoms with Crippen LogP contribution in [0.25, 0.3) is 5.57 Å². The molecule has 1 aromatic rings. The van der Waals surface area contributed by atoms with Crippen LogP contribution in [-0.2, 0) is 0 Å². The monoisotopic (exact) mass is 162 g/mol. The van der Waals surface area contributed by atoms with E-state index in [9.17, 15) is 5.11 Å². The van der Waals surface area contributed by atoms with Crippen molar-refractivity contribution in [2.24, 2.45) is 0 Å². The van der Waals surface area contributed by atoms with Crippen LogP contribution < -0.4 is 4.74 Å². The summed E-state index contributed by atoms with van der Waals surface area (Å²) in [4.78, 5) is 0. The molecule has 0 amide bonds. The van der Waals surface area contributed by atoms with Crippen molar-refractivity contribution in [1.82, 2.24) is 0 Å². The zero-order chi connectivity index (χ0) is 8.55. The lowest BCUT2D eigenvalue weighted by Crippen LogP contribution is -2.02. The van der Waals surface area contributed by atoms with Crippen LogP contribution in [0.1, 0.15) is 12.5 Å². The number of ether oxygens (including phenoxy) is 1. The standard InChI is InChI=1S/C10H10O2/c1-7-4-5-12-10-6-8(11)2-3-9(7)10/h2-4,6,11H,5H2,1H3. The number of benzene rings is 1. The number of rotatable bonds is 0. The molecule has 1 N–H and O–H groups in total. The van der Waals surface area contributed by atoms with Gasteiger partial charge in [0.05, 0.1) is 0 Å². The number of aromatic hydroxyl groups is 1. The normalized spacial score (nSPS) is 14.6. The molecule has 0 saturated heterocycles. The van der Waals surface area contributed by atoms with E-state index in [1.54, 1.807) is 12.1 Å². The molecule has 0 aliphatic carbocycles. The molecule has 0 atom stereocenters. The Balaban J connectivity index is 2.56. The molecular weight excluding hydrogens is 152 g/mol. The van der Waals surface area contributed by atoms with Crippen LogP contribution in [0.15, 0.2) is 24.3 Å². The first kappa shape index (κ1) is 7.22. The number of fused-ring (bicyclic) bond motifs is 1. The molecule has 0 spiro atoms. The van der Waals surface area contributed by atoms with Gasteiger partial charge in [0.2, 0.25) is 0 Å². The van der Waals surface area contributed by atoms with Crippen molar-refractivity contribution in [3.8, 4) is 11.5 Å². The lowest BCUT2D eigenvalue weighted by Gasteiger charge is -2.15. The Morgan fingerprint density at radius 2 is 2.25 bits per heavy atom. The van der Waals surface area contributed by atoms with Gasteiger partial charge in [-0.15, -0.1) is 0 Å². The highest BCUT2D eigenvalue weighted by Crippen LogP contribution is 2.31. The first-order chi connectivity index (χ1) is 5.77. The van der Waals surface area contributed by atoms with Crippen molar-refractivity contribution >= 4 is 5.57 Å². The SMILES string of the molecule is CC1=CCOc2cc(O)ccc21. The van der Waals surface area contributed by atoms with Crippen LogP contribution in [0.4, 0.5) is 0 Å². The summed E-state index contributed by atoms with van der Waals surface area (Å²) in [6, 6.07) is 5.19. The molecule has 2 nitrogen and oxygen atoms in total. The van der Waals surface area contributed by atoms with Gasteiger partial charge in [0.15, 0.2) is 0 Å². The van der Waals surface area contributed by atoms with Gasteiger partial charge in [-0.2, -0.15) is 0 Å². The fraction of sp³-hybridized carbons (Fsp3) is 0.200. The van der Waals surface area contributed by atoms with E-state index >= 15 is 0 Å². The minimum absolute atomic E-state index is 0.253. The summed E-state index contributed by atoms with van der Waals surface area (Å²) < 4.78 is 5.34. The summed E-state index contributed by atoms with van der Waals surface area (Å²) in [5.41, 5.74) is 2.27. The second-order valence-electron chi connectivity index (χ2n) is 2.88. The quantitative estimate of drug-likeness (QED) is 0.633. The Kier molecular flexibility index (Phi) is 1.54. The van der Waals surface area contributed by atoms with E-state index in [-0.39, 0.29) is 5.75 Å². The molecule has 12 heavy (non-hydrogen) atoms. The summed E-state index contributed by atoms with van der Waals surface area (Å²) >= 11 is 0. The molecule has 1 heterocycles. The molecule has 62 valence electrons. The van der Waals surface area contributed by atoms with Gasteiger partial charge in [-0.05, 0) is 30.7 Å². The van der Waals surface area contributed by atoms with Crippen LogP contribution in [0, 0.1) is 0 Å². The lowest BCUT2D eigenvalue weighted by molar-refractivity contribution is 0.354. The van der Waals surface area contributed by atoms with E-state index in [0.29, 0.717) is 6.61 Å². The molecule has 0 unspecified atom stereocenters. The van der Waals surface area contributed by atoms with Crippen LogP contribution in [-0.4, -0.2) is 11.7 Å². The average molecular weight is 162 g/mol. The Hall–Kier alpha value is -1.44. The first-order valence-electron chi connectivity index (χ1n) is 3.90. The molecular formula is C10H10O2. The number of allylic oxidation sites excluding steroid dienone is 1. The Bertz CT molecular complexity index is 340. The van der Waals surface area contributed by atoms with Crippen LogP contribution in [0.2, 0.25) is 0 Å². The topological polar surface area (TPSA) is 29.5 Å². The third kappa shape index (κ3) is 1.05. The minimum atomic E-state index is 0.253. The lowest BCUT2D eigenvalue weighted by atomic mass is 10.0. The maximum Gasteiger partial charge on any atom is 0.130 e. The zero-order valence-corrected chi connectivity index (χ0v) is 6.87. The summed E-state index contributed by atoms with van der Waals surface area (Å²) in [5.74, 6) is 1.03. The number of hydrogen-bond acceptors (Lipinski definition) is 2. The van der Waals surface area contributed by atoms with Crippen molar-refractivity contribution in [2.75, 3.05) is 6.61 Å². The molecule has 0 bridgehead atoms. The van der Waals surface area contributed by atoms with E-state index in [1.165, 1.54) is 5.57 Å². The summed E-state index contributed by atoms with van der Waals surface area (Å²) in [7, 11) is 0. The number of hydrogen-bond donors (Lipinski definition) is 1. The molecule has 1 aliphatic rings. The molecule has 2 heteroatoms. The highest BCUT2D eigenvalue weighted by atomic mass is 16.5. The minimum Gasteiger partial charge on any atom is -0.508 e. The van der Waals surface area contributed by atoms with Crippen molar-refractivity contribution in [3.63, 3.8) is 0 Å². The largest absolute Gasteiger partial charge is 0.508 e. The van der Waals surface area contributed by atoms with Gasteiger partial charge in [-0.25, -0.2) is 0 Å². The maximum absolute atomic E-state index is 9.18. The third-order valence-corrected chi connectivity index (χ3v) is 2.02. The maximum atomic E-state index is 9.18. The Morgan fingerprint density at radius 3 is 3.08 bits per heavy atom. The van der Waals surface area contributed by atoms with Crippen molar-refractivity contribution in [3.05, 3.63) is 29.8 Å². The van der Waals surface area contributed by atoms with E-state index < -0.39 is 0 Å².